The Morgan fingerprint density at radius 1 is 0.842 bits per heavy atom. The van der Waals surface area contributed by atoms with Crippen LogP contribution in [0.3, 0.4) is 0 Å². The van der Waals surface area contributed by atoms with Crippen molar-refractivity contribution in [3.63, 3.8) is 0 Å². The topological polar surface area (TPSA) is 9.23 Å². The smallest absolute Gasteiger partial charge is 0.166 e. The lowest BCUT2D eigenvalue weighted by molar-refractivity contribution is -0.000797. The van der Waals surface area contributed by atoms with Gasteiger partial charge in [-0.3, -0.25) is 0 Å². The number of benzene rings is 3. The summed E-state index contributed by atoms with van der Waals surface area (Å²) in [6, 6.07) is 15.9. The summed E-state index contributed by atoms with van der Waals surface area (Å²) < 4.78 is 50.7. The zero-order valence-electron chi connectivity index (χ0n) is 22.6. The minimum absolute atomic E-state index is 0.0666. The first-order valence-corrected chi connectivity index (χ1v) is 14.1. The molecule has 1 nitrogen and oxygen atoms in total. The SMILES string of the molecule is C/C=C/CCC1CCC(c2ccc(-c3ccc(-c4ccc(CCCCCC)c(F)c4F)cc3)cc2F)CO1. The number of allylic oxidation sites excluding steroid dienone is 2. The van der Waals surface area contributed by atoms with E-state index in [-0.39, 0.29) is 23.4 Å². The summed E-state index contributed by atoms with van der Waals surface area (Å²) in [5, 5.41) is 0. The third-order valence-corrected chi connectivity index (χ3v) is 7.69. The van der Waals surface area contributed by atoms with E-state index in [4.69, 9.17) is 4.74 Å². The van der Waals surface area contributed by atoms with Crippen LogP contribution in [0.25, 0.3) is 22.3 Å². The largest absolute Gasteiger partial charge is 0.378 e. The second-order valence-electron chi connectivity index (χ2n) is 10.4. The monoisotopic (exact) mass is 520 g/mol. The third kappa shape index (κ3) is 6.96. The first-order chi connectivity index (χ1) is 18.5. The fourth-order valence-corrected chi connectivity index (χ4v) is 5.36. The van der Waals surface area contributed by atoms with E-state index >= 15 is 4.39 Å². The molecule has 0 spiro atoms. The highest BCUT2D eigenvalue weighted by Crippen LogP contribution is 2.34. The average molecular weight is 521 g/mol. The molecular weight excluding hydrogens is 481 g/mol. The number of halogens is 3. The van der Waals surface area contributed by atoms with Gasteiger partial charge >= 0.3 is 0 Å². The Bertz CT molecular complexity index is 1210. The molecule has 1 aliphatic heterocycles. The second-order valence-corrected chi connectivity index (χ2v) is 10.4. The summed E-state index contributed by atoms with van der Waals surface area (Å²) in [7, 11) is 0. The molecular formula is C34H39F3O. The highest BCUT2D eigenvalue weighted by atomic mass is 19.2. The minimum atomic E-state index is -0.806. The summed E-state index contributed by atoms with van der Waals surface area (Å²) in [5.41, 5.74) is 3.56. The Labute approximate surface area is 225 Å². The number of aryl methyl sites for hydroxylation is 1. The molecule has 0 aromatic heterocycles. The van der Waals surface area contributed by atoms with Gasteiger partial charge in [0.25, 0.3) is 0 Å². The average Bonchev–Trinajstić information content (AvgIpc) is 2.94. The van der Waals surface area contributed by atoms with Crippen LogP contribution in [0.5, 0.6) is 0 Å². The van der Waals surface area contributed by atoms with Gasteiger partial charge in [0.15, 0.2) is 11.6 Å². The Kier molecular flexibility index (Phi) is 10.2. The van der Waals surface area contributed by atoms with Gasteiger partial charge in [-0.2, -0.15) is 0 Å². The fraction of sp³-hybridized carbons (Fsp3) is 0.412. The predicted molar refractivity (Wildman–Crippen MR) is 151 cm³/mol. The summed E-state index contributed by atoms with van der Waals surface area (Å²) in [5.74, 6) is -1.72. The molecule has 2 atom stereocenters. The van der Waals surface area contributed by atoms with Crippen LogP contribution in [0.15, 0.2) is 66.7 Å². The van der Waals surface area contributed by atoms with Crippen LogP contribution in [-0.4, -0.2) is 12.7 Å². The molecule has 1 aliphatic rings. The van der Waals surface area contributed by atoms with Crippen LogP contribution >= 0.6 is 0 Å². The Morgan fingerprint density at radius 3 is 2.29 bits per heavy atom. The van der Waals surface area contributed by atoms with E-state index in [1.807, 2.05) is 31.2 Å². The lowest BCUT2D eigenvalue weighted by atomic mass is 9.88. The first kappa shape index (κ1) is 28.2. The number of hydrogen-bond acceptors (Lipinski definition) is 1. The van der Waals surface area contributed by atoms with E-state index < -0.39 is 11.6 Å². The van der Waals surface area contributed by atoms with Crippen LogP contribution < -0.4 is 0 Å². The molecule has 202 valence electrons. The molecule has 3 aromatic rings. The van der Waals surface area contributed by atoms with Crippen molar-refractivity contribution in [2.75, 3.05) is 6.61 Å². The van der Waals surface area contributed by atoms with Crippen molar-refractivity contribution in [1.29, 1.82) is 0 Å². The Morgan fingerprint density at radius 2 is 1.61 bits per heavy atom. The minimum Gasteiger partial charge on any atom is -0.378 e. The molecule has 0 bridgehead atoms. The van der Waals surface area contributed by atoms with E-state index in [1.165, 1.54) is 0 Å². The molecule has 4 heteroatoms. The van der Waals surface area contributed by atoms with Crippen molar-refractivity contribution >= 4 is 0 Å². The number of ether oxygens (including phenoxy) is 1. The van der Waals surface area contributed by atoms with E-state index in [2.05, 4.69) is 19.1 Å². The maximum atomic E-state index is 15.1. The fourth-order valence-electron chi connectivity index (χ4n) is 5.36. The summed E-state index contributed by atoms with van der Waals surface area (Å²) in [4.78, 5) is 0. The van der Waals surface area contributed by atoms with E-state index in [0.717, 1.165) is 62.5 Å². The molecule has 2 unspecified atom stereocenters. The van der Waals surface area contributed by atoms with Gasteiger partial charge in [-0.15, -0.1) is 0 Å². The Balaban J connectivity index is 1.41. The quantitative estimate of drug-likeness (QED) is 0.180. The molecule has 0 saturated carbocycles. The van der Waals surface area contributed by atoms with E-state index in [0.29, 0.717) is 29.7 Å². The lowest BCUT2D eigenvalue weighted by Gasteiger charge is -2.29. The summed E-state index contributed by atoms with van der Waals surface area (Å²) in [6.07, 6.45) is 13.0. The van der Waals surface area contributed by atoms with Gasteiger partial charge in [-0.05, 0) is 79.3 Å². The van der Waals surface area contributed by atoms with Crippen molar-refractivity contribution in [2.45, 2.75) is 83.7 Å². The maximum absolute atomic E-state index is 15.1. The Hall–Kier alpha value is -2.85. The van der Waals surface area contributed by atoms with Gasteiger partial charge in [0.1, 0.15) is 5.82 Å². The zero-order valence-corrected chi connectivity index (χ0v) is 22.6. The van der Waals surface area contributed by atoms with Gasteiger partial charge in [0, 0.05) is 11.5 Å². The van der Waals surface area contributed by atoms with Crippen molar-refractivity contribution in [3.05, 3.63) is 95.3 Å². The van der Waals surface area contributed by atoms with Crippen LogP contribution in [0.4, 0.5) is 13.2 Å². The van der Waals surface area contributed by atoms with Crippen molar-refractivity contribution in [2.24, 2.45) is 0 Å². The van der Waals surface area contributed by atoms with Crippen LogP contribution in [0, 0.1) is 17.5 Å². The van der Waals surface area contributed by atoms with Crippen molar-refractivity contribution < 1.29 is 17.9 Å². The highest BCUT2D eigenvalue weighted by molar-refractivity contribution is 5.71. The predicted octanol–water partition coefficient (Wildman–Crippen LogP) is 10.2. The normalized spacial score (nSPS) is 17.8. The second kappa shape index (κ2) is 13.8. The molecule has 0 radical (unpaired) electrons. The van der Waals surface area contributed by atoms with Gasteiger partial charge in [0.2, 0.25) is 0 Å². The zero-order chi connectivity index (χ0) is 26.9. The molecule has 0 aliphatic carbocycles. The number of hydrogen-bond donors (Lipinski definition) is 0. The summed E-state index contributed by atoms with van der Waals surface area (Å²) >= 11 is 0. The first-order valence-electron chi connectivity index (χ1n) is 14.1. The van der Waals surface area contributed by atoms with Crippen LogP contribution in [0.1, 0.15) is 82.3 Å². The maximum Gasteiger partial charge on any atom is 0.166 e. The lowest BCUT2D eigenvalue weighted by Crippen LogP contribution is -2.25. The standard InChI is InChI=1S/C34H39F3O/c1-3-5-7-9-10-26-17-21-31(34(37)33(26)36)25-14-12-24(13-15-25)27-18-20-30(32(35)22-27)28-16-19-29(38-23-28)11-8-6-4-2/h4,6,12-15,17-18,20-22,28-29H,3,5,7-11,16,19,23H2,1-2H3/b6-4+. The third-order valence-electron chi connectivity index (χ3n) is 7.69. The molecule has 0 N–H and O–H groups in total. The molecule has 1 saturated heterocycles. The van der Waals surface area contributed by atoms with Crippen molar-refractivity contribution in [3.8, 4) is 22.3 Å². The van der Waals surface area contributed by atoms with Crippen LogP contribution in [0.2, 0.25) is 0 Å². The molecule has 3 aromatic carbocycles. The molecule has 4 rings (SSSR count). The van der Waals surface area contributed by atoms with Gasteiger partial charge in [-0.1, -0.05) is 86.9 Å². The molecule has 38 heavy (non-hydrogen) atoms. The van der Waals surface area contributed by atoms with Gasteiger partial charge < -0.3 is 4.74 Å². The molecule has 1 fully saturated rings. The van der Waals surface area contributed by atoms with Crippen LogP contribution in [-0.2, 0) is 11.2 Å². The van der Waals surface area contributed by atoms with Crippen molar-refractivity contribution in [1.82, 2.24) is 0 Å². The van der Waals surface area contributed by atoms with Gasteiger partial charge in [0.05, 0.1) is 12.7 Å². The molecule has 1 heterocycles. The van der Waals surface area contributed by atoms with Gasteiger partial charge in [-0.25, -0.2) is 13.2 Å². The molecule has 0 amide bonds. The van der Waals surface area contributed by atoms with E-state index in [1.54, 1.807) is 30.3 Å². The summed E-state index contributed by atoms with van der Waals surface area (Å²) in [6.45, 7) is 4.69. The van der Waals surface area contributed by atoms with E-state index in [9.17, 15) is 8.78 Å². The number of unbranched alkanes of at least 4 members (excludes halogenated alkanes) is 3. The number of rotatable bonds is 11. The highest BCUT2D eigenvalue weighted by Gasteiger charge is 2.25.